The third-order valence-corrected chi connectivity index (χ3v) is 1.12. The number of hydrogen-bond donors (Lipinski definition) is 1. The predicted octanol–water partition coefficient (Wildman–Crippen LogP) is 2.06. The van der Waals surface area contributed by atoms with Gasteiger partial charge in [-0.2, -0.15) is 0 Å². The van der Waals surface area contributed by atoms with Gasteiger partial charge < -0.3 is 14.8 Å². The van der Waals surface area contributed by atoms with Crippen LogP contribution < -0.4 is 5.32 Å². The van der Waals surface area contributed by atoms with E-state index in [0.29, 0.717) is 18.9 Å². The summed E-state index contributed by atoms with van der Waals surface area (Å²) in [5.74, 6) is 0.635. The summed E-state index contributed by atoms with van der Waals surface area (Å²) in [7, 11) is 0. The van der Waals surface area contributed by atoms with Crippen LogP contribution in [0.1, 0.15) is 27.7 Å². The molecule has 1 N–H and O–H groups in total. The largest absolute Gasteiger partial charge is 0.497 e. The first-order chi connectivity index (χ1) is 6.31. The molecule has 0 aliphatic carbocycles. The monoisotopic (exact) mass is 201 g/mol. The van der Waals surface area contributed by atoms with Crippen molar-refractivity contribution >= 4 is 6.09 Å². The van der Waals surface area contributed by atoms with Gasteiger partial charge in [0.15, 0.2) is 0 Å². The van der Waals surface area contributed by atoms with Gasteiger partial charge in [-0.05, 0) is 27.7 Å². The zero-order chi connectivity index (χ0) is 11.2. The number of alkyl carbamates (subject to hydrolysis) is 1. The number of carbonyl (C=O) groups is 1. The van der Waals surface area contributed by atoms with Crippen LogP contribution in [0.25, 0.3) is 0 Å². The van der Waals surface area contributed by atoms with E-state index in [0.717, 1.165) is 0 Å². The standard InChI is InChI=1S/C10H19NO3/c1-8(2)13-7-6-11-9(12)14-10(3,4)5/h1,6-7H2,2-5H3,(H,11,12). The quantitative estimate of drug-likeness (QED) is 0.559. The van der Waals surface area contributed by atoms with Crippen molar-refractivity contribution in [2.45, 2.75) is 33.3 Å². The van der Waals surface area contributed by atoms with Crippen LogP contribution in [-0.4, -0.2) is 24.8 Å². The average Bonchev–Trinajstić information content (AvgIpc) is 1.94. The van der Waals surface area contributed by atoms with Crippen LogP contribution in [-0.2, 0) is 9.47 Å². The summed E-state index contributed by atoms with van der Waals surface area (Å²) in [6.07, 6.45) is -0.428. The average molecular weight is 201 g/mol. The Labute approximate surface area is 85.3 Å². The smallest absolute Gasteiger partial charge is 0.407 e. The van der Waals surface area contributed by atoms with Gasteiger partial charge in [-0.3, -0.25) is 0 Å². The second-order valence-corrected chi connectivity index (χ2v) is 3.98. The molecule has 0 aliphatic heterocycles. The molecule has 0 radical (unpaired) electrons. The molecule has 0 aromatic rings. The van der Waals surface area contributed by atoms with Gasteiger partial charge in [-0.1, -0.05) is 6.58 Å². The molecule has 0 rings (SSSR count). The minimum absolute atomic E-state index is 0.411. The lowest BCUT2D eigenvalue weighted by molar-refractivity contribution is 0.0513. The van der Waals surface area contributed by atoms with Gasteiger partial charge in [0.1, 0.15) is 12.2 Å². The number of carbonyl (C=O) groups excluding carboxylic acids is 1. The first kappa shape index (κ1) is 12.8. The molecule has 0 atom stereocenters. The van der Waals surface area contributed by atoms with Crippen molar-refractivity contribution in [3.63, 3.8) is 0 Å². The molecule has 0 heterocycles. The molecule has 82 valence electrons. The van der Waals surface area contributed by atoms with Crippen molar-refractivity contribution in [3.8, 4) is 0 Å². The second kappa shape index (κ2) is 5.52. The van der Waals surface area contributed by atoms with E-state index in [4.69, 9.17) is 9.47 Å². The van der Waals surface area contributed by atoms with Crippen LogP contribution in [0.4, 0.5) is 4.79 Å². The minimum Gasteiger partial charge on any atom is -0.497 e. The lowest BCUT2D eigenvalue weighted by atomic mass is 10.2. The van der Waals surface area contributed by atoms with Crippen molar-refractivity contribution in [2.24, 2.45) is 0 Å². The van der Waals surface area contributed by atoms with Crippen molar-refractivity contribution in [1.29, 1.82) is 0 Å². The summed E-state index contributed by atoms with van der Waals surface area (Å²) in [4.78, 5) is 11.1. The maximum Gasteiger partial charge on any atom is 0.407 e. The lowest BCUT2D eigenvalue weighted by Crippen LogP contribution is -2.34. The van der Waals surface area contributed by atoms with Crippen LogP contribution in [0, 0.1) is 0 Å². The summed E-state index contributed by atoms with van der Waals surface area (Å²) in [6, 6.07) is 0. The van der Waals surface area contributed by atoms with Gasteiger partial charge >= 0.3 is 6.09 Å². The number of allylic oxidation sites excluding steroid dienone is 1. The molecule has 4 heteroatoms. The molecule has 0 saturated heterocycles. The lowest BCUT2D eigenvalue weighted by Gasteiger charge is -2.19. The first-order valence-electron chi connectivity index (χ1n) is 4.56. The van der Waals surface area contributed by atoms with Gasteiger partial charge in [0.25, 0.3) is 0 Å². The van der Waals surface area contributed by atoms with Gasteiger partial charge in [0.05, 0.1) is 12.3 Å². The Morgan fingerprint density at radius 1 is 1.43 bits per heavy atom. The second-order valence-electron chi connectivity index (χ2n) is 3.98. The maximum atomic E-state index is 11.1. The fourth-order valence-electron chi connectivity index (χ4n) is 0.693. The molecule has 0 fully saturated rings. The highest BCUT2D eigenvalue weighted by molar-refractivity contribution is 5.67. The van der Waals surface area contributed by atoms with Crippen LogP contribution >= 0.6 is 0 Å². The first-order valence-corrected chi connectivity index (χ1v) is 4.56. The Bertz CT molecular complexity index is 206. The molecule has 14 heavy (non-hydrogen) atoms. The normalized spacial score (nSPS) is 10.6. The summed E-state index contributed by atoms with van der Waals surface area (Å²) < 4.78 is 10.1. The number of nitrogens with one attached hydrogen (secondary N) is 1. The fourth-order valence-corrected chi connectivity index (χ4v) is 0.693. The number of hydrogen-bond acceptors (Lipinski definition) is 3. The zero-order valence-corrected chi connectivity index (χ0v) is 9.35. The minimum atomic E-state index is -0.459. The van der Waals surface area contributed by atoms with Crippen molar-refractivity contribution in [1.82, 2.24) is 5.32 Å². The summed E-state index contributed by atoms with van der Waals surface area (Å²) in [5.41, 5.74) is -0.459. The molecular weight excluding hydrogens is 182 g/mol. The number of ether oxygens (including phenoxy) is 2. The van der Waals surface area contributed by atoms with E-state index in [2.05, 4.69) is 11.9 Å². The van der Waals surface area contributed by atoms with Crippen LogP contribution in [0.2, 0.25) is 0 Å². The maximum absolute atomic E-state index is 11.1. The summed E-state index contributed by atoms with van der Waals surface area (Å²) >= 11 is 0. The van der Waals surface area contributed by atoms with Gasteiger partial charge in [-0.15, -0.1) is 0 Å². The molecule has 1 amide bonds. The van der Waals surface area contributed by atoms with Crippen molar-refractivity contribution in [2.75, 3.05) is 13.2 Å². The number of amides is 1. The van der Waals surface area contributed by atoms with Gasteiger partial charge in [-0.25, -0.2) is 4.79 Å². The third-order valence-electron chi connectivity index (χ3n) is 1.12. The fraction of sp³-hybridized carbons (Fsp3) is 0.700. The SMILES string of the molecule is C=C(C)OCCNC(=O)OC(C)(C)C. The highest BCUT2D eigenvalue weighted by atomic mass is 16.6. The molecule has 0 saturated carbocycles. The van der Waals surface area contributed by atoms with Crippen molar-refractivity contribution in [3.05, 3.63) is 12.3 Å². The van der Waals surface area contributed by atoms with E-state index in [9.17, 15) is 4.79 Å². The molecule has 0 bridgehead atoms. The van der Waals surface area contributed by atoms with E-state index in [1.54, 1.807) is 6.92 Å². The van der Waals surface area contributed by atoms with Crippen LogP contribution in [0.3, 0.4) is 0 Å². The molecule has 0 aromatic heterocycles. The van der Waals surface area contributed by atoms with Crippen LogP contribution in [0.15, 0.2) is 12.3 Å². The van der Waals surface area contributed by atoms with Crippen LogP contribution in [0.5, 0.6) is 0 Å². The molecule has 4 nitrogen and oxygen atoms in total. The van der Waals surface area contributed by atoms with Crippen molar-refractivity contribution < 1.29 is 14.3 Å². The van der Waals surface area contributed by atoms with E-state index < -0.39 is 11.7 Å². The number of rotatable bonds is 4. The van der Waals surface area contributed by atoms with E-state index in [1.165, 1.54) is 0 Å². The summed E-state index contributed by atoms with van der Waals surface area (Å²) in [6.45, 7) is 11.6. The molecule has 0 aliphatic rings. The molecule has 0 spiro atoms. The Hall–Kier alpha value is -1.19. The Morgan fingerprint density at radius 2 is 2.00 bits per heavy atom. The Kier molecular flexibility index (Phi) is 5.05. The predicted molar refractivity (Wildman–Crippen MR) is 55.0 cm³/mol. The highest BCUT2D eigenvalue weighted by Crippen LogP contribution is 2.06. The molecule has 0 unspecified atom stereocenters. The Balaban J connectivity index is 3.50. The van der Waals surface area contributed by atoms with E-state index in [-0.39, 0.29) is 0 Å². The van der Waals surface area contributed by atoms with Gasteiger partial charge in [0.2, 0.25) is 0 Å². The third kappa shape index (κ3) is 8.90. The van der Waals surface area contributed by atoms with E-state index in [1.807, 2.05) is 20.8 Å². The van der Waals surface area contributed by atoms with Gasteiger partial charge in [0, 0.05) is 0 Å². The summed E-state index contributed by atoms with van der Waals surface area (Å²) in [5, 5.41) is 2.57. The Morgan fingerprint density at radius 3 is 2.43 bits per heavy atom. The topological polar surface area (TPSA) is 47.6 Å². The van der Waals surface area contributed by atoms with E-state index >= 15 is 0 Å². The zero-order valence-electron chi connectivity index (χ0n) is 9.35. The highest BCUT2D eigenvalue weighted by Gasteiger charge is 2.15. The molecule has 0 aromatic carbocycles. The molecular formula is C10H19NO3.